The predicted molar refractivity (Wildman–Crippen MR) is 91.7 cm³/mol. The lowest BCUT2D eigenvalue weighted by atomic mass is 10.1. The Morgan fingerprint density at radius 2 is 1.90 bits per heavy atom. The third-order valence-corrected chi connectivity index (χ3v) is 5.56. The molecule has 2 saturated heterocycles. The second-order valence-corrected chi connectivity index (χ2v) is 7.37. The molecule has 0 unspecified atom stereocenters. The summed E-state index contributed by atoms with van der Waals surface area (Å²) in [5, 5.41) is 1.88. The molecule has 3 nitrogen and oxygen atoms in total. The zero-order valence-electron chi connectivity index (χ0n) is 11.8. The molecule has 0 aliphatic carbocycles. The molecule has 110 valence electrons. The third-order valence-electron chi connectivity index (χ3n) is 4.38. The van der Waals surface area contributed by atoms with Crippen LogP contribution in [0.4, 0.5) is 5.82 Å². The van der Waals surface area contributed by atoms with E-state index in [2.05, 4.69) is 33.7 Å². The smallest absolute Gasteiger partial charge is 0.129 e. The second kappa shape index (κ2) is 5.67. The van der Waals surface area contributed by atoms with E-state index in [1.54, 1.807) is 0 Å². The molecule has 2 aliphatic rings. The van der Waals surface area contributed by atoms with Crippen molar-refractivity contribution in [1.29, 1.82) is 0 Å². The first kappa shape index (κ1) is 13.7. The van der Waals surface area contributed by atoms with Gasteiger partial charge >= 0.3 is 0 Å². The van der Waals surface area contributed by atoms with Crippen LogP contribution in [0.3, 0.4) is 0 Å². The minimum absolute atomic E-state index is 0.716. The number of nitrogens with zero attached hydrogens (tertiary/aromatic N) is 3. The van der Waals surface area contributed by atoms with Crippen LogP contribution in [0.2, 0.25) is 5.02 Å². The van der Waals surface area contributed by atoms with E-state index in [9.17, 15) is 0 Å². The van der Waals surface area contributed by atoms with Gasteiger partial charge in [0.05, 0.1) is 5.52 Å². The third kappa shape index (κ3) is 2.72. The van der Waals surface area contributed by atoms with Crippen molar-refractivity contribution in [2.75, 3.05) is 42.6 Å². The molecule has 0 amide bonds. The number of hydrogen-bond donors (Lipinski definition) is 0. The van der Waals surface area contributed by atoms with Gasteiger partial charge in [-0.1, -0.05) is 11.6 Å². The van der Waals surface area contributed by atoms with E-state index >= 15 is 0 Å². The number of fused-ring (bicyclic) bond motifs is 1. The summed E-state index contributed by atoms with van der Waals surface area (Å²) in [6.07, 6.45) is 0. The Morgan fingerprint density at radius 3 is 2.71 bits per heavy atom. The van der Waals surface area contributed by atoms with Gasteiger partial charge in [0, 0.05) is 54.1 Å². The van der Waals surface area contributed by atoms with Gasteiger partial charge in [0.25, 0.3) is 0 Å². The molecule has 2 aromatic rings. The van der Waals surface area contributed by atoms with Gasteiger partial charge in [-0.25, -0.2) is 4.98 Å². The quantitative estimate of drug-likeness (QED) is 0.846. The first-order valence-corrected chi connectivity index (χ1v) is 8.96. The summed E-state index contributed by atoms with van der Waals surface area (Å²) in [7, 11) is 0. The Balaban J connectivity index is 1.47. The molecule has 5 heteroatoms. The van der Waals surface area contributed by atoms with Crippen LogP contribution in [0.15, 0.2) is 30.3 Å². The molecule has 0 atom stereocenters. The highest BCUT2D eigenvalue weighted by atomic mass is 35.5. The molecule has 0 bridgehead atoms. The van der Waals surface area contributed by atoms with Gasteiger partial charge in [0.2, 0.25) is 0 Å². The fourth-order valence-electron chi connectivity index (χ4n) is 3.08. The van der Waals surface area contributed by atoms with Gasteiger partial charge in [0.15, 0.2) is 0 Å². The van der Waals surface area contributed by atoms with Gasteiger partial charge in [0.1, 0.15) is 5.82 Å². The summed E-state index contributed by atoms with van der Waals surface area (Å²) in [4.78, 5) is 9.77. The summed E-state index contributed by atoms with van der Waals surface area (Å²) in [6, 6.07) is 10.8. The molecule has 0 spiro atoms. The van der Waals surface area contributed by atoms with Gasteiger partial charge in [-0.3, -0.25) is 4.90 Å². The van der Waals surface area contributed by atoms with E-state index in [0.29, 0.717) is 6.04 Å². The lowest BCUT2D eigenvalue weighted by Crippen LogP contribution is -2.61. The Labute approximate surface area is 134 Å². The maximum Gasteiger partial charge on any atom is 0.129 e. The van der Waals surface area contributed by atoms with Gasteiger partial charge in [-0.2, -0.15) is 11.8 Å². The predicted octanol–water partition coefficient (Wildman–Crippen LogP) is 3.13. The highest BCUT2D eigenvalue weighted by Gasteiger charge is 2.33. The molecule has 0 saturated carbocycles. The van der Waals surface area contributed by atoms with E-state index < -0.39 is 0 Å². The number of hydrogen-bond acceptors (Lipinski definition) is 4. The molecule has 2 aliphatic heterocycles. The van der Waals surface area contributed by atoms with Gasteiger partial charge in [-0.05, 0) is 30.3 Å². The molecule has 2 fully saturated rings. The van der Waals surface area contributed by atoms with E-state index in [1.165, 1.54) is 24.6 Å². The minimum atomic E-state index is 0.716. The first-order chi connectivity index (χ1) is 10.3. The van der Waals surface area contributed by atoms with Crippen LogP contribution in [0, 0.1) is 0 Å². The van der Waals surface area contributed by atoms with Crippen LogP contribution in [0.1, 0.15) is 0 Å². The van der Waals surface area contributed by atoms with Gasteiger partial charge < -0.3 is 4.90 Å². The van der Waals surface area contributed by atoms with Crippen molar-refractivity contribution < 1.29 is 0 Å². The number of anilines is 1. The topological polar surface area (TPSA) is 19.4 Å². The van der Waals surface area contributed by atoms with Crippen LogP contribution in [-0.4, -0.2) is 53.6 Å². The molecule has 21 heavy (non-hydrogen) atoms. The lowest BCUT2D eigenvalue weighted by Gasteiger charge is -2.47. The summed E-state index contributed by atoms with van der Waals surface area (Å²) in [6.45, 7) is 4.70. The Morgan fingerprint density at radius 1 is 1.10 bits per heavy atom. The maximum atomic E-state index is 6.02. The van der Waals surface area contributed by atoms with E-state index in [0.717, 1.165) is 34.8 Å². The summed E-state index contributed by atoms with van der Waals surface area (Å²) < 4.78 is 0. The standard InChI is InChI=1S/C16H18ClN3S/c17-13-2-3-15-12(9-13)1-4-16(18-15)20-10-14(11-20)19-5-7-21-8-6-19/h1-4,9,14H,5-8,10-11H2. The van der Waals surface area contributed by atoms with Crippen LogP contribution in [-0.2, 0) is 0 Å². The largest absolute Gasteiger partial charge is 0.353 e. The van der Waals surface area contributed by atoms with E-state index in [-0.39, 0.29) is 0 Å². The van der Waals surface area contributed by atoms with Crippen molar-refractivity contribution in [3.63, 3.8) is 0 Å². The first-order valence-electron chi connectivity index (χ1n) is 7.43. The summed E-state index contributed by atoms with van der Waals surface area (Å²) in [5.74, 6) is 3.66. The zero-order valence-corrected chi connectivity index (χ0v) is 13.4. The van der Waals surface area contributed by atoms with Crippen molar-refractivity contribution in [2.24, 2.45) is 0 Å². The highest BCUT2D eigenvalue weighted by molar-refractivity contribution is 7.99. The number of thioether (sulfide) groups is 1. The van der Waals surface area contributed by atoms with E-state index in [4.69, 9.17) is 16.6 Å². The minimum Gasteiger partial charge on any atom is -0.353 e. The fourth-order valence-corrected chi connectivity index (χ4v) is 4.19. The normalized spacial score (nSPS) is 20.7. The van der Waals surface area contributed by atoms with Crippen LogP contribution >= 0.6 is 23.4 Å². The highest BCUT2D eigenvalue weighted by Crippen LogP contribution is 2.26. The molecule has 1 aromatic carbocycles. The molecule has 0 radical (unpaired) electrons. The van der Waals surface area contributed by atoms with Gasteiger partial charge in [-0.15, -0.1) is 0 Å². The van der Waals surface area contributed by atoms with Crippen molar-refractivity contribution in [3.05, 3.63) is 35.4 Å². The average molecular weight is 320 g/mol. The summed E-state index contributed by atoms with van der Waals surface area (Å²) in [5.41, 5.74) is 1.02. The SMILES string of the molecule is Clc1ccc2nc(N3CC(N4CCSCC4)C3)ccc2c1. The van der Waals surface area contributed by atoms with Crippen LogP contribution in [0.5, 0.6) is 0 Å². The number of halogens is 1. The maximum absolute atomic E-state index is 6.02. The molecule has 3 heterocycles. The number of rotatable bonds is 2. The number of aromatic nitrogens is 1. The monoisotopic (exact) mass is 319 g/mol. The number of benzene rings is 1. The van der Waals surface area contributed by atoms with Crippen molar-refractivity contribution in [3.8, 4) is 0 Å². The summed E-state index contributed by atoms with van der Waals surface area (Å²) >= 11 is 8.09. The molecule has 1 aromatic heterocycles. The number of pyridine rings is 1. The Bertz CT molecular complexity index is 651. The zero-order chi connectivity index (χ0) is 14.2. The Kier molecular flexibility index (Phi) is 3.69. The molecule has 4 rings (SSSR count). The van der Waals surface area contributed by atoms with Crippen molar-refractivity contribution >= 4 is 40.1 Å². The van der Waals surface area contributed by atoms with Crippen molar-refractivity contribution in [1.82, 2.24) is 9.88 Å². The average Bonchev–Trinajstić information content (AvgIpc) is 2.47. The molecular weight excluding hydrogens is 302 g/mol. The molecular formula is C16H18ClN3S. The lowest BCUT2D eigenvalue weighted by molar-refractivity contribution is 0.182. The fraction of sp³-hybridized carbons (Fsp3) is 0.438. The van der Waals surface area contributed by atoms with Crippen LogP contribution < -0.4 is 4.90 Å². The Hall–Kier alpha value is -0.970. The molecule has 0 N–H and O–H groups in total. The van der Waals surface area contributed by atoms with E-state index in [1.807, 2.05) is 18.2 Å². The second-order valence-electron chi connectivity index (χ2n) is 5.71. The van der Waals surface area contributed by atoms with Crippen LogP contribution in [0.25, 0.3) is 10.9 Å². The van der Waals surface area contributed by atoms with Crippen molar-refractivity contribution in [2.45, 2.75) is 6.04 Å².